The summed E-state index contributed by atoms with van der Waals surface area (Å²) in [4.78, 5) is 0. The Kier molecular flexibility index (Phi) is 9.29. The van der Waals surface area contributed by atoms with Crippen LogP contribution in [0.15, 0.2) is 0 Å². The van der Waals surface area contributed by atoms with Crippen LogP contribution in [0.3, 0.4) is 0 Å². The first kappa shape index (κ1) is 21.1. The summed E-state index contributed by atoms with van der Waals surface area (Å²) in [7, 11) is 0. The van der Waals surface area contributed by atoms with Gasteiger partial charge in [-0.3, -0.25) is 0 Å². The lowest BCUT2D eigenvalue weighted by Gasteiger charge is -2.29. The average molecular weight is 383 g/mol. The van der Waals surface area contributed by atoms with E-state index in [9.17, 15) is 23.4 Å². The van der Waals surface area contributed by atoms with Crippen LogP contribution in [0, 0.1) is 5.41 Å². The number of halogens is 4. The van der Waals surface area contributed by atoms with Crippen molar-refractivity contribution in [3.8, 4) is 0 Å². The molecule has 0 aromatic carbocycles. The molecule has 0 radical (unpaired) electrons. The van der Waals surface area contributed by atoms with Crippen molar-refractivity contribution in [1.82, 2.24) is 0 Å². The third-order valence-electron chi connectivity index (χ3n) is 2.45. The zero-order chi connectivity index (χ0) is 16.6. The normalized spacial score (nSPS) is 18.3. The van der Waals surface area contributed by atoms with Crippen LogP contribution in [0.2, 0.25) is 0 Å². The van der Waals surface area contributed by atoms with Crippen LogP contribution >= 0.6 is 15.9 Å². The van der Waals surface area contributed by atoms with Gasteiger partial charge in [-0.1, -0.05) is 22.9 Å². The van der Waals surface area contributed by atoms with E-state index in [1.807, 2.05) is 0 Å². The minimum Gasteiger partial charge on any atom is -0.396 e. The molecule has 0 amide bonds. The van der Waals surface area contributed by atoms with Gasteiger partial charge in [-0.15, -0.1) is 0 Å². The van der Waals surface area contributed by atoms with Gasteiger partial charge >= 0.3 is 6.18 Å². The molecule has 5 nitrogen and oxygen atoms in total. The number of ether oxygens (including phenoxy) is 3. The Balaban J connectivity index is 4.12. The third kappa shape index (κ3) is 11.3. The molecule has 0 bridgehead atoms. The van der Waals surface area contributed by atoms with E-state index in [2.05, 4.69) is 20.7 Å². The van der Waals surface area contributed by atoms with E-state index in [-0.39, 0.29) is 31.9 Å². The molecule has 21 heavy (non-hydrogen) atoms. The summed E-state index contributed by atoms with van der Waals surface area (Å²) in [6, 6.07) is 0. The van der Waals surface area contributed by atoms with E-state index in [1.54, 1.807) is 0 Å². The molecule has 0 aliphatic rings. The van der Waals surface area contributed by atoms with Gasteiger partial charge in [-0.05, 0) is 6.92 Å². The summed E-state index contributed by atoms with van der Waals surface area (Å²) in [5, 5.41) is 19.1. The van der Waals surface area contributed by atoms with Gasteiger partial charge in [-0.25, -0.2) is 0 Å². The van der Waals surface area contributed by atoms with E-state index < -0.39 is 30.4 Å². The number of hydrogen-bond acceptors (Lipinski definition) is 5. The van der Waals surface area contributed by atoms with Crippen LogP contribution in [0.4, 0.5) is 13.2 Å². The van der Waals surface area contributed by atoms with E-state index in [4.69, 9.17) is 9.47 Å². The summed E-state index contributed by atoms with van der Waals surface area (Å²) < 4.78 is 50.8. The van der Waals surface area contributed by atoms with E-state index in [1.165, 1.54) is 13.8 Å². The van der Waals surface area contributed by atoms with Crippen molar-refractivity contribution in [2.75, 3.05) is 45.2 Å². The van der Waals surface area contributed by atoms with Gasteiger partial charge in [0.2, 0.25) is 0 Å². The highest BCUT2D eigenvalue weighted by molar-refractivity contribution is 9.09. The molecule has 0 aliphatic heterocycles. The van der Waals surface area contributed by atoms with Gasteiger partial charge in [0.15, 0.2) is 0 Å². The molecule has 128 valence electrons. The second kappa shape index (κ2) is 9.26. The summed E-state index contributed by atoms with van der Waals surface area (Å²) >= 11 is 3.04. The molecule has 0 aromatic heterocycles. The molecular formula is C12H22BrF3O5. The summed E-state index contributed by atoms with van der Waals surface area (Å²) in [6.07, 6.45) is -4.41. The van der Waals surface area contributed by atoms with Crippen LogP contribution in [0.5, 0.6) is 0 Å². The number of alkyl halides is 4. The fourth-order valence-corrected chi connectivity index (χ4v) is 1.53. The molecule has 2 N–H and O–H groups in total. The Hall–Kier alpha value is 0.0700. The van der Waals surface area contributed by atoms with Gasteiger partial charge in [0.1, 0.15) is 17.7 Å². The highest BCUT2D eigenvalue weighted by atomic mass is 79.9. The Bertz CT molecular complexity index is 289. The summed E-state index contributed by atoms with van der Waals surface area (Å²) in [5.41, 5.74) is -1.93. The SMILES string of the molecule is CC(O)(COCBr)COCC(C)(CO)COCC(F)(F)F. The second-order valence-electron chi connectivity index (χ2n) is 5.52. The maximum Gasteiger partial charge on any atom is 0.411 e. The van der Waals surface area contributed by atoms with Crippen molar-refractivity contribution < 1.29 is 37.6 Å². The standard InChI is InChI=1S/C12H22BrF3O5/c1-10(3-17,5-20-8-12(14,15)16)4-19-6-11(2,18)7-21-9-13/h17-18H,3-9H2,1-2H3. The Labute approximate surface area is 130 Å². The predicted molar refractivity (Wildman–Crippen MR) is 73.3 cm³/mol. The number of aliphatic hydroxyl groups excluding tert-OH is 1. The number of aliphatic hydroxyl groups is 2. The fraction of sp³-hybridized carbons (Fsp3) is 1.00. The minimum atomic E-state index is -4.41. The fourth-order valence-electron chi connectivity index (χ4n) is 1.36. The zero-order valence-corrected chi connectivity index (χ0v) is 13.7. The molecular weight excluding hydrogens is 361 g/mol. The number of rotatable bonds is 11. The Morgan fingerprint density at radius 1 is 0.905 bits per heavy atom. The molecule has 0 saturated heterocycles. The van der Waals surface area contributed by atoms with Crippen molar-refractivity contribution in [3.05, 3.63) is 0 Å². The molecule has 0 spiro atoms. The first-order chi connectivity index (χ1) is 9.54. The lowest BCUT2D eigenvalue weighted by atomic mass is 9.94. The van der Waals surface area contributed by atoms with Crippen LogP contribution in [-0.2, 0) is 14.2 Å². The monoisotopic (exact) mass is 382 g/mol. The first-order valence-corrected chi connectivity index (χ1v) is 7.35. The van der Waals surface area contributed by atoms with Crippen molar-refractivity contribution in [2.45, 2.75) is 25.6 Å². The second-order valence-corrected chi connectivity index (χ2v) is 5.98. The zero-order valence-electron chi connectivity index (χ0n) is 12.1. The molecule has 2 atom stereocenters. The Morgan fingerprint density at radius 3 is 1.81 bits per heavy atom. The van der Waals surface area contributed by atoms with Gasteiger partial charge in [0.05, 0.1) is 33.0 Å². The highest BCUT2D eigenvalue weighted by Gasteiger charge is 2.31. The van der Waals surface area contributed by atoms with Crippen LogP contribution in [0.1, 0.15) is 13.8 Å². The highest BCUT2D eigenvalue weighted by Crippen LogP contribution is 2.21. The van der Waals surface area contributed by atoms with Crippen LogP contribution in [0.25, 0.3) is 0 Å². The van der Waals surface area contributed by atoms with E-state index in [0.717, 1.165) is 0 Å². The molecule has 0 saturated carbocycles. The average Bonchev–Trinajstić information content (AvgIpc) is 2.34. The van der Waals surface area contributed by atoms with Crippen molar-refractivity contribution in [1.29, 1.82) is 0 Å². The number of hydrogen-bond donors (Lipinski definition) is 2. The third-order valence-corrected chi connectivity index (χ3v) is 2.78. The maximum atomic E-state index is 12.0. The van der Waals surface area contributed by atoms with Crippen molar-refractivity contribution in [2.24, 2.45) is 5.41 Å². The minimum absolute atomic E-state index is 0.0403. The molecule has 0 aromatic rings. The topological polar surface area (TPSA) is 68.2 Å². The van der Waals surface area contributed by atoms with Crippen molar-refractivity contribution in [3.63, 3.8) is 0 Å². The van der Waals surface area contributed by atoms with Gasteiger partial charge in [-0.2, -0.15) is 13.2 Å². The molecule has 2 unspecified atom stereocenters. The van der Waals surface area contributed by atoms with E-state index >= 15 is 0 Å². The lowest BCUT2D eigenvalue weighted by molar-refractivity contribution is -0.185. The quantitative estimate of drug-likeness (QED) is 0.532. The predicted octanol–water partition coefficient (Wildman–Crippen LogP) is 1.70. The molecule has 0 fully saturated rings. The van der Waals surface area contributed by atoms with Crippen molar-refractivity contribution >= 4 is 15.9 Å². The smallest absolute Gasteiger partial charge is 0.396 e. The summed E-state index contributed by atoms with van der Waals surface area (Å²) in [5.74, 6) is 0. The lowest BCUT2D eigenvalue weighted by Crippen LogP contribution is -2.40. The molecule has 0 rings (SSSR count). The maximum absolute atomic E-state index is 12.0. The van der Waals surface area contributed by atoms with Crippen LogP contribution in [-0.4, -0.2) is 67.1 Å². The van der Waals surface area contributed by atoms with Gasteiger partial charge in [0.25, 0.3) is 0 Å². The molecule has 9 heteroatoms. The van der Waals surface area contributed by atoms with E-state index in [0.29, 0.717) is 0 Å². The Morgan fingerprint density at radius 2 is 1.38 bits per heavy atom. The molecule has 0 aliphatic carbocycles. The first-order valence-electron chi connectivity index (χ1n) is 6.23. The van der Waals surface area contributed by atoms with Gasteiger partial charge < -0.3 is 24.4 Å². The summed E-state index contributed by atoms with van der Waals surface area (Å²) in [6.45, 7) is 0.881. The van der Waals surface area contributed by atoms with Gasteiger partial charge in [0, 0.05) is 5.41 Å². The molecule has 0 heterocycles. The van der Waals surface area contributed by atoms with Crippen LogP contribution < -0.4 is 0 Å². The largest absolute Gasteiger partial charge is 0.411 e.